The van der Waals surface area contributed by atoms with Crippen molar-refractivity contribution in [2.75, 3.05) is 6.54 Å². The Morgan fingerprint density at radius 2 is 2.38 bits per heavy atom. The summed E-state index contributed by atoms with van der Waals surface area (Å²) >= 11 is 0. The quantitative estimate of drug-likeness (QED) is 0.528. The largest absolute Gasteiger partial charge is 0.513 e. The normalized spacial score (nSPS) is 16.1. The van der Waals surface area contributed by atoms with E-state index in [1.54, 1.807) is 13.0 Å². The van der Waals surface area contributed by atoms with E-state index in [-0.39, 0.29) is 0 Å². The van der Waals surface area contributed by atoms with Crippen LogP contribution >= 0.6 is 0 Å². The van der Waals surface area contributed by atoms with Crippen molar-refractivity contribution in [3.63, 3.8) is 0 Å². The van der Waals surface area contributed by atoms with E-state index in [1.807, 2.05) is 6.92 Å². The molecule has 0 spiro atoms. The van der Waals surface area contributed by atoms with Crippen molar-refractivity contribution in [1.82, 2.24) is 0 Å². The van der Waals surface area contributed by atoms with Gasteiger partial charge in [-0.3, -0.25) is 0 Å². The number of aliphatic hydroxyl groups is 1. The van der Waals surface area contributed by atoms with Gasteiger partial charge in [0.2, 0.25) is 0 Å². The second kappa shape index (κ2) is 3.50. The lowest BCUT2D eigenvalue weighted by Crippen LogP contribution is -2.08. The summed E-state index contributed by atoms with van der Waals surface area (Å²) < 4.78 is 0. The monoisotopic (exact) mass is 115 g/mol. The van der Waals surface area contributed by atoms with Crippen molar-refractivity contribution in [2.45, 2.75) is 13.8 Å². The van der Waals surface area contributed by atoms with E-state index in [4.69, 9.17) is 10.8 Å². The molecule has 0 saturated heterocycles. The van der Waals surface area contributed by atoms with Gasteiger partial charge in [-0.25, -0.2) is 0 Å². The zero-order valence-electron chi connectivity index (χ0n) is 5.39. The Bertz CT molecular complexity index is 84.5. The highest BCUT2D eigenvalue weighted by molar-refractivity contribution is 4.89. The van der Waals surface area contributed by atoms with E-state index >= 15 is 0 Å². The van der Waals surface area contributed by atoms with Crippen molar-refractivity contribution >= 4 is 0 Å². The summed E-state index contributed by atoms with van der Waals surface area (Å²) in [7, 11) is 0. The molecule has 2 nitrogen and oxygen atoms in total. The zero-order chi connectivity index (χ0) is 6.57. The summed E-state index contributed by atoms with van der Waals surface area (Å²) in [4.78, 5) is 0. The maximum absolute atomic E-state index is 8.66. The van der Waals surface area contributed by atoms with Crippen LogP contribution in [0.4, 0.5) is 0 Å². The summed E-state index contributed by atoms with van der Waals surface area (Å²) in [5, 5.41) is 8.66. The first-order chi connectivity index (χ1) is 3.66. The molecule has 0 bridgehead atoms. The predicted molar refractivity (Wildman–Crippen MR) is 34.6 cm³/mol. The lowest BCUT2D eigenvalue weighted by molar-refractivity contribution is 0.406. The van der Waals surface area contributed by atoms with Gasteiger partial charge in [-0.15, -0.1) is 0 Å². The van der Waals surface area contributed by atoms with Crippen LogP contribution in [0.2, 0.25) is 0 Å². The summed E-state index contributed by atoms with van der Waals surface area (Å²) in [6, 6.07) is 0. The van der Waals surface area contributed by atoms with Crippen molar-refractivity contribution in [1.29, 1.82) is 0 Å². The Morgan fingerprint density at radius 3 is 2.50 bits per heavy atom. The van der Waals surface area contributed by atoms with E-state index in [9.17, 15) is 0 Å². The number of aliphatic hydroxyl groups excluding tert-OH is 1. The maximum atomic E-state index is 8.66. The van der Waals surface area contributed by atoms with Crippen LogP contribution in [0.25, 0.3) is 0 Å². The van der Waals surface area contributed by atoms with E-state index in [0.29, 0.717) is 18.2 Å². The minimum absolute atomic E-state index is 0.292. The fraction of sp³-hybridized carbons (Fsp3) is 0.667. The first kappa shape index (κ1) is 7.50. The topological polar surface area (TPSA) is 46.2 Å². The molecule has 0 aromatic rings. The molecule has 0 aliphatic rings. The van der Waals surface area contributed by atoms with Gasteiger partial charge in [0.05, 0.1) is 5.76 Å². The molecule has 0 amide bonds. The minimum Gasteiger partial charge on any atom is -0.513 e. The third-order valence-corrected chi connectivity index (χ3v) is 0.898. The second-order valence-electron chi connectivity index (χ2n) is 2.02. The molecule has 48 valence electrons. The third-order valence-electron chi connectivity index (χ3n) is 0.898. The van der Waals surface area contributed by atoms with Crippen LogP contribution in [-0.4, -0.2) is 11.7 Å². The van der Waals surface area contributed by atoms with E-state index in [0.717, 1.165) is 0 Å². The Morgan fingerprint density at radius 1 is 1.88 bits per heavy atom. The Labute approximate surface area is 50.0 Å². The van der Waals surface area contributed by atoms with E-state index < -0.39 is 0 Å². The molecule has 0 aliphatic carbocycles. The Hall–Kier alpha value is -0.500. The fourth-order valence-corrected chi connectivity index (χ4v) is 0.480. The van der Waals surface area contributed by atoms with Crippen LogP contribution in [0.3, 0.4) is 0 Å². The number of nitrogens with two attached hydrogens (primary N) is 1. The van der Waals surface area contributed by atoms with Crippen LogP contribution in [-0.2, 0) is 0 Å². The van der Waals surface area contributed by atoms with Crippen molar-refractivity contribution < 1.29 is 5.11 Å². The molecule has 0 aromatic carbocycles. The highest BCUT2D eigenvalue weighted by atomic mass is 16.3. The number of hydrogen-bond donors (Lipinski definition) is 2. The molecule has 0 heterocycles. The van der Waals surface area contributed by atoms with Gasteiger partial charge in [0, 0.05) is 0 Å². The lowest BCUT2D eigenvalue weighted by Gasteiger charge is -1.98. The van der Waals surface area contributed by atoms with Crippen LogP contribution in [0.1, 0.15) is 13.8 Å². The van der Waals surface area contributed by atoms with Crippen molar-refractivity contribution in [3.8, 4) is 0 Å². The van der Waals surface area contributed by atoms with Crippen LogP contribution in [0.15, 0.2) is 11.8 Å². The van der Waals surface area contributed by atoms with Gasteiger partial charge in [0.15, 0.2) is 0 Å². The molecule has 0 radical (unpaired) electrons. The van der Waals surface area contributed by atoms with Crippen LogP contribution in [0, 0.1) is 5.92 Å². The van der Waals surface area contributed by atoms with Gasteiger partial charge in [0.25, 0.3) is 0 Å². The Balaban J connectivity index is 3.51. The molecular weight excluding hydrogens is 102 g/mol. The molecule has 0 aliphatic heterocycles. The number of hydrogen-bond acceptors (Lipinski definition) is 2. The lowest BCUT2D eigenvalue weighted by atomic mass is 10.2. The van der Waals surface area contributed by atoms with Gasteiger partial charge in [-0.2, -0.15) is 0 Å². The molecule has 0 saturated carbocycles. The average Bonchev–Trinajstić information content (AvgIpc) is 1.65. The smallest absolute Gasteiger partial charge is 0.0855 e. The highest BCUT2D eigenvalue weighted by Gasteiger charge is 1.91. The van der Waals surface area contributed by atoms with Gasteiger partial charge >= 0.3 is 0 Å². The second-order valence-corrected chi connectivity index (χ2v) is 2.02. The number of allylic oxidation sites excluding steroid dienone is 1. The minimum atomic E-state index is 0.292. The third kappa shape index (κ3) is 3.68. The highest BCUT2D eigenvalue weighted by Crippen LogP contribution is 1.96. The SMILES string of the molecule is C/C(O)=C/C(C)CN. The first-order valence-electron chi connectivity index (χ1n) is 2.74. The molecule has 1 unspecified atom stereocenters. The maximum Gasteiger partial charge on any atom is 0.0855 e. The summed E-state index contributed by atoms with van der Waals surface area (Å²) in [6.07, 6.45) is 1.74. The van der Waals surface area contributed by atoms with E-state index in [2.05, 4.69) is 0 Å². The Kier molecular flexibility index (Phi) is 3.28. The molecule has 0 rings (SSSR count). The van der Waals surface area contributed by atoms with Crippen molar-refractivity contribution in [3.05, 3.63) is 11.8 Å². The average molecular weight is 115 g/mol. The fourth-order valence-electron chi connectivity index (χ4n) is 0.480. The number of rotatable bonds is 2. The summed E-state index contributed by atoms with van der Waals surface area (Å²) in [5.74, 6) is 0.642. The van der Waals surface area contributed by atoms with Crippen LogP contribution < -0.4 is 5.73 Å². The summed E-state index contributed by atoms with van der Waals surface area (Å²) in [6.45, 7) is 4.20. The van der Waals surface area contributed by atoms with E-state index in [1.165, 1.54) is 0 Å². The molecule has 0 fully saturated rings. The summed E-state index contributed by atoms with van der Waals surface area (Å²) in [5.41, 5.74) is 5.26. The molecule has 0 aromatic heterocycles. The standard InChI is InChI=1S/C6H13NO/c1-5(4-7)3-6(2)8/h3,5,8H,4,7H2,1-2H3/b6-3-. The van der Waals surface area contributed by atoms with Gasteiger partial charge in [0.1, 0.15) is 0 Å². The molecule has 8 heavy (non-hydrogen) atoms. The predicted octanol–water partition coefficient (Wildman–Crippen LogP) is 1.04. The molecule has 3 N–H and O–H groups in total. The van der Waals surface area contributed by atoms with Gasteiger partial charge in [-0.05, 0) is 25.5 Å². The molecular formula is C6H13NO. The molecule has 2 heteroatoms. The first-order valence-corrected chi connectivity index (χ1v) is 2.74. The zero-order valence-corrected chi connectivity index (χ0v) is 5.39. The molecule has 1 atom stereocenters. The van der Waals surface area contributed by atoms with Gasteiger partial charge in [-0.1, -0.05) is 6.92 Å². The van der Waals surface area contributed by atoms with Gasteiger partial charge < -0.3 is 10.8 Å². The van der Waals surface area contributed by atoms with Crippen LogP contribution in [0.5, 0.6) is 0 Å². The van der Waals surface area contributed by atoms with Crippen molar-refractivity contribution in [2.24, 2.45) is 11.7 Å².